The number of aliphatic hydroxyl groups is 2. The van der Waals surface area contributed by atoms with Crippen LogP contribution in [0.5, 0.6) is 0 Å². The number of rotatable bonds is 4. The van der Waals surface area contributed by atoms with Crippen LogP contribution in [0.2, 0.25) is 0 Å². The third-order valence-corrected chi connectivity index (χ3v) is 3.40. The number of phosphoric acid groups is 1. The summed E-state index contributed by atoms with van der Waals surface area (Å²) in [6, 6.07) is 1.26. The van der Waals surface area contributed by atoms with E-state index in [1.807, 2.05) is 0 Å². The van der Waals surface area contributed by atoms with E-state index in [2.05, 4.69) is 9.51 Å². The second-order valence-electron chi connectivity index (χ2n) is 4.34. The molecule has 1 aliphatic rings. The van der Waals surface area contributed by atoms with Crippen molar-refractivity contribution in [2.75, 3.05) is 12.3 Å². The first-order chi connectivity index (χ1) is 9.73. The molecule has 1 aromatic rings. The molecule has 1 aromatic heterocycles. The summed E-state index contributed by atoms with van der Waals surface area (Å²) in [6.07, 6.45) is -4.47. The maximum absolute atomic E-state index is 11.7. The van der Waals surface area contributed by atoms with E-state index < -0.39 is 44.7 Å². The lowest BCUT2D eigenvalue weighted by Crippen LogP contribution is -2.37. The molecule has 1 saturated heterocycles. The second kappa shape index (κ2) is 5.81. The maximum atomic E-state index is 11.7. The van der Waals surface area contributed by atoms with Crippen LogP contribution in [0.25, 0.3) is 0 Å². The van der Waals surface area contributed by atoms with Gasteiger partial charge in [0.2, 0.25) is 0 Å². The van der Waals surface area contributed by atoms with Crippen molar-refractivity contribution in [2.45, 2.75) is 24.5 Å². The van der Waals surface area contributed by atoms with Crippen LogP contribution in [0.1, 0.15) is 6.23 Å². The summed E-state index contributed by atoms with van der Waals surface area (Å²) in [5.41, 5.74) is 4.48. The first-order valence-corrected chi connectivity index (χ1v) is 7.29. The van der Waals surface area contributed by atoms with E-state index in [0.29, 0.717) is 0 Å². The van der Waals surface area contributed by atoms with Crippen molar-refractivity contribution < 1.29 is 33.8 Å². The number of anilines is 1. The van der Waals surface area contributed by atoms with E-state index in [1.54, 1.807) is 0 Å². The third kappa shape index (κ3) is 3.47. The number of nitrogens with two attached hydrogens (primary N) is 1. The van der Waals surface area contributed by atoms with Crippen LogP contribution in [-0.4, -0.2) is 54.5 Å². The van der Waals surface area contributed by atoms with Gasteiger partial charge in [-0.1, -0.05) is 0 Å². The summed E-state index contributed by atoms with van der Waals surface area (Å²) in [5, 5.41) is 18.9. The molecule has 0 amide bonds. The van der Waals surface area contributed by atoms with Crippen molar-refractivity contribution in [1.29, 1.82) is 0 Å². The summed E-state index contributed by atoms with van der Waals surface area (Å²) >= 11 is 0. The third-order valence-electron chi connectivity index (χ3n) is 2.88. The van der Waals surface area contributed by atoms with Gasteiger partial charge in [-0.2, -0.15) is 4.98 Å². The molecule has 1 fully saturated rings. The molecule has 0 aliphatic carbocycles. The van der Waals surface area contributed by atoms with Crippen LogP contribution in [0.4, 0.5) is 5.82 Å². The normalized spacial score (nSPS) is 29.7. The van der Waals surface area contributed by atoms with Crippen LogP contribution in [0.15, 0.2) is 17.1 Å². The van der Waals surface area contributed by atoms with E-state index in [0.717, 1.165) is 4.57 Å². The van der Waals surface area contributed by atoms with E-state index in [-0.39, 0.29) is 5.82 Å². The Labute approximate surface area is 117 Å². The van der Waals surface area contributed by atoms with Gasteiger partial charge in [0.15, 0.2) is 6.23 Å². The van der Waals surface area contributed by atoms with Gasteiger partial charge in [-0.3, -0.25) is 9.09 Å². The minimum atomic E-state index is -4.95. The molecule has 0 aromatic carbocycles. The Bertz CT molecular complexity index is 615. The quantitative estimate of drug-likeness (QED) is 0.374. The van der Waals surface area contributed by atoms with Crippen molar-refractivity contribution in [3.05, 3.63) is 22.7 Å². The Morgan fingerprint density at radius 1 is 1.52 bits per heavy atom. The summed E-state index contributed by atoms with van der Waals surface area (Å²) < 4.78 is 21.5. The number of ether oxygens (including phenoxy) is 1. The lowest BCUT2D eigenvalue weighted by Gasteiger charge is -2.22. The van der Waals surface area contributed by atoms with Crippen molar-refractivity contribution >= 4 is 13.6 Å². The minimum Gasteiger partial charge on any atom is -0.394 e. The number of aromatic nitrogens is 2. The molecule has 2 heterocycles. The molecule has 6 N–H and O–H groups in total. The average Bonchev–Trinajstić information content (AvgIpc) is 2.65. The highest BCUT2D eigenvalue weighted by Gasteiger charge is 2.48. The van der Waals surface area contributed by atoms with E-state index >= 15 is 0 Å². The minimum absolute atomic E-state index is 0.0547. The molecule has 11 nitrogen and oxygen atoms in total. The van der Waals surface area contributed by atoms with Crippen LogP contribution in [0, 0.1) is 0 Å². The molecule has 2 rings (SSSR count). The zero-order valence-corrected chi connectivity index (χ0v) is 11.4. The number of hydrogen-bond donors (Lipinski definition) is 5. The first kappa shape index (κ1) is 16.0. The van der Waals surface area contributed by atoms with Crippen LogP contribution in [0.3, 0.4) is 0 Å². The van der Waals surface area contributed by atoms with Crippen molar-refractivity contribution in [3.63, 3.8) is 0 Å². The van der Waals surface area contributed by atoms with Crippen molar-refractivity contribution in [3.8, 4) is 0 Å². The predicted molar refractivity (Wildman–Crippen MR) is 66.8 cm³/mol. The molecule has 1 aliphatic heterocycles. The van der Waals surface area contributed by atoms with Gasteiger partial charge < -0.3 is 30.5 Å². The Morgan fingerprint density at radius 3 is 2.71 bits per heavy atom. The topological polar surface area (TPSA) is 177 Å². The Balaban J connectivity index is 2.39. The van der Waals surface area contributed by atoms with E-state index in [9.17, 15) is 14.5 Å². The smallest absolute Gasteiger partial charge is 0.394 e. The van der Waals surface area contributed by atoms with Crippen LogP contribution >= 0.6 is 7.82 Å². The van der Waals surface area contributed by atoms with Gasteiger partial charge in [0.25, 0.3) is 0 Å². The molecule has 12 heteroatoms. The number of phosphoric ester groups is 1. The average molecular weight is 323 g/mol. The summed E-state index contributed by atoms with van der Waals surface area (Å²) in [7, 11) is -4.95. The monoisotopic (exact) mass is 323 g/mol. The molecular formula is C9H14N3O8P. The second-order valence-corrected chi connectivity index (χ2v) is 5.53. The van der Waals surface area contributed by atoms with Gasteiger partial charge in [0.1, 0.15) is 24.1 Å². The molecule has 118 valence electrons. The zero-order valence-electron chi connectivity index (χ0n) is 10.5. The Morgan fingerprint density at radius 2 is 2.19 bits per heavy atom. The van der Waals surface area contributed by atoms with E-state index in [1.165, 1.54) is 12.3 Å². The standard InChI is InChI=1S/C9H14N3O8P/c10-5-1-2-12(9(15)11-5)8-7(20-21(16,17)18)6(14)4(3-13)19-8/h1-2,4,6-8,13-14H,3H2,(H2,10,11,15)(H2,16,17,18)/t4-,6-,7-,8-/m1/s1. The van der Waals surface area contributed by atoms with Gasteiger partial charge in [-0.05, 0) is 6.07 Å². The highest BCUT2D eigenvalue weighted by atomic mass is 31.2. The van der Waals surface area contributed by atoms with Gasteiger partial charge in [-0.25, -0.2) is 9.36 Å². The van der Waals surface area contributed by atoms with Crippen LogP contribution < -0.4 is 11.4 Å². The molecule has 0 spiro atoms. The number of nitrogen functional groups attached to an aromatic ring is 1. The molecule has 0 bridgehead atoms. The Hall–Kier alpha value is -1.33. The lowest BCUT2D eigenvalue weighted by atomic mass is 10.1. The fourth-order valence-corrected chi connectivity index (χ4v) is 2.53. The predicted octanol–water partition coefficient (Wildman–Crippen LogP) is -2.45. The molecule has 0 unspecified atom stereocenters. The largest absolute Gasteiger partial charge is 0.470 e. The summed E-state index contributed by atoms with van der Waals surface area (Å²) in [5.74, 6) is -0.0547. The molecular weight excluding hydrogens is 309 g/mol. The maximum Gasteiger partial charge on any atom is 0.470 e. The van der Waals surface area contributed by atoms with E-state index in [4.69, 9.17) is 25.4 Å². The molecule has 0 radical (unpaired) electrons. The fourth-order valence-electron chi connectivity index (χ4n) is 1.98. The van der Waals surface area contributed by atoms with Gasteiger partial charge in [0.05, 0.1) is 6.61 Å². The fraction of sp³-hybridized carbons (Fsp3) is 0.556. The number of aliphatic hydroxyl groups excluding tert-OH is 2. The molecule has 0 saturated carbocycles. The van der Waals surface area contributed by atoms with Crippen LogP contribution in [-0.2, 0) is 13.8 Å². The lowest BCUT2D eigenvalue weighted by molar-refractivity contribution is -0.0543. The SMILES string of the molecule is Nc1ccn([C@@H]2O[C@H](CO)[C@@H](O)[C@H]2OP(=O)(O)O)c(=O)n1. The first-order valence-electron chi connectivity index (χ1n) is 5.76. The highest BCUT2D eigenvalue weighted by Crippen LogP contribution is 2.44. The summed E-state index contributed by atoms with van der Waals surface area (Å²) in [6.45, 7) is -0.629. The number of nitrogens with zero attached hydrogens (tertiary/aromatic N) is 2. The molecule has 21 heavy (non-hydrogen) atoms. The number of hydrogen-bond acceptors (Lipinski definition) is 8. The van der Waals surface area contributed by atoms with Gasteiger partial charge >= 0.3 is 13.5 Å². The van der Waals surface area contributed by atoms with Crippen molar-refractivity contribution in [1.82, 2.24) is 9.55 Å². The zero-order chi connectivity index (χ0) is 15.8. The van der Waals surface area contributed by atoms with Crippen molar-refractivity contribution in [2.24, 2.45) is 0 Å². The van der Waals surface area contributed by atoms with Gasteiger partial charge in [0, 0.05) is 6.20 Å². The highest BCUT2D eigenvalue weighted by molar-refractivity contribution is 7.46. The Kier molecular flexibility index (Phi) is 4.44. The summed E-state index contributed by atoms with van der Waals surface area (Å²) in [4.78, 5) is 32.9. The molecule has 4 atom stereocenters. The van der Waals surface area contributed by atoms with Gasteiger partial charge in [-0.15, -0.1) is 0 Å².